The molecule has 2 amide bonds. The molecule has 0 fully saturated rings. The first-order valence-corrected chi connectivity index (χ1v) is 9.64. The van der Waals surface area contributed by atoms with E-state index in [4.69, 9.17) is 27.7 Å². The number of ether oxygens (including phenoxy) is 1. The third kappa shape index (κ3) is 6.73. The summed E-state index contributed by atoms with van der Waals surface area (Å²) in [6.07, 6.45) is 0.176. The van der Waals surface area contributed by atoms with Crippen LogP contribution in [0.25, 0.3) is 0 Å². The van der Waals surface area contributed by atoms with Crippen molar-refractivity contribution in [2.24, 2.45) is 34.8 Å². The molecule has 0 saturated heterocycles. The Hall–Kier alpha value is -3.56. The van der Waals surface area contributed by atoms with Crippen LogP contribution >= 0.6 is 0 Å². The summed E-state index contributed by atoms with van der Waals surface area (Å²) < 4.78 is 4.77. The van der Waals surface area contributed by atoms with E-state index in [1.165, 1.54) is 0 Å². The Kier molecular flexibility index (Phi) is 8.42. The van der Waals surface area contributed by atoms with Gasteiger partial charge in [0.1, 0.15) is 12.1 Å². The fourth-order valence-electron chi connectivity index (χ4n) is 3.11. The molecule has 0 radical (unpaired) electrons. The highest BCUT2D eigenvalue weighted by atomic mass is 16.6. The summed E-state index contributed by atoms with van der Waals surface area (Å²) >= 11 is 0. The number of rotatable bonds is 10. The zero-order valence-electron chi connectivity index (χ0n) is 16.8. The van der Waals surface area contributed by atoms with E-state index in [2.05, 4.69) is 0 Å². The molecule has 2 rings (SSSR count). The van der Waals surface area contributed by atoms with E-state index in [1.807, 2.05) is 0 Å². The van der Waals surface area contributed by atoms with Crippen LogP contribution in [0.3, 0.4) is 0 Å². The maximum Gasteiger partial charge on any atom is 0.331 e. The second kappa shape index (κ2) is 11.0. The lowest BCUT2D eigenvalue weighted by Gasteiger charge is -2.22. The molecule has 164 valence electrons. The molecule has 0 bridgehead atoms. The zero-order valence-corrected chi connectivity index (χ0v) is 16.8. The van der Waals surface area contributed by atoms with Crippen molar-refractivity contribution in [2.45, 2.75) is 24.9 Å². The topological polar surface area (TPSA) is 182 Å². The summed E-state index contributed by atoms with van der Waals surface area (Å²) in [6, 6.07) is 14.6. The summed E-state index contributed by atoms with van der Waals surface area (Å²) in [5.41, 5.74) is 24.0. The lowest BCUT2D eigenvalue weighted by atomic mass is 9.91. The second-order valence-electron chi connectivity index (χ2n) is 7.19. The van der Waals surface area contributed by atoms with E-state index in [9.17, 15) is 19.2 Å². The minimum absolute atomic E-state index is 0.0879. The lowest BCUT2D eigenvalue weighted by molar-refractivity contribution is -0.164. The smallest absolute Gasteiger partial charge is 0.331 e. The first kappa shape index (κ1) is 23.7. The van der Waals surface area contributed by atoms with Crippen LogP contribution in [0.2, 0.25) is 0 Å². The molecule has 0 saturated carbocycles. The predicted octanol–water partition coefficient (Wildman–Crippen LogP) is -0.601. The SMILES string of the molecule is NC(=O)C(Cc1ccccc1)[C@H](N)C(=O)OC(=O)[C@@H](N)C(Cc1ccccc1)C(N)=O. The standard InChI is InChI=1S/C22H26N4O5/c23-17(15(19(25)27)11-13-7-3-1-4-8-13)21(29)31-22(30)18(24)16(20(26)28)12-14-9-5-2-6-10-14/h1-10,15-18H,11-12,23-24H2,(H2,25,27)(H2,26,28)/t15?,16?,17-,18-/m0/s1. The van der Waals surface area contributed by atoms with Crippen LogP contribution in [-0.2, 0) is 36.8 Å². The summed E-state index contributed by atoms with van der Waals surface area (Å²) in [5, 5.41) is 0. The highest BCUT2D eigenvalue weighted by molar-refractivity contribution is 5.95. The quantitative estimate of drug-likeness (QED) is 0.289. The second-order valence-corrected chi connectivity index (χ2v) is 7.19. The fourth-order valence-corrected chi connectivity index (χ4v) is 3.11. The molecule has 0 heterocycles. The Bertz CT molecular complexity index is 845. The van der Waals surface area contributed by atoms with Gasteiger partial charge in [0.05, 0.1) is 11.8 Å². The highest BCUT2D eigenvalue weighted by Crippen LogP contribution is 2.15. The van der Waals surface area contributed by atoms with Crippen molar-refractivity contribution >= 4 is 23.8 Å². The predicted molar refractivity (Wildman–Crippen MR) is 113 cm³/mol. The van der Waals surface area contributed by atoms with Crippen LogP contribution < -0.4 is 22.9 Å². The van der Waals surface area contributed by atoms with Crippen molar-refractivity contribution in [3.05, 3.63) is 71.8 Å². The fraction of sp³-hybridized carbons (Fsp3) is 0.273. The molecule has 0 aliphatic heterocycles. The van der Waals surface area contributed by atoms with Gasteiger partial charge in [0.15, 0.2) is 0 Å². The third-order valence-electron chi connectivity index (χ3n) is 4.94. The lowest BCUT2D eigenvalue weighted by Crippen LogP contribution is -2.51. The molecule has 4 atom stereocenters. The Morgan fingerprint density at radius 3 is 1.26 bits per heavy atom. The first-order valence-electron chi connectivity index (χ1n) is 9.64. The zero-order chi connectivity index (χ0) is 23.0. The van der Waals surface area contributed by atoms with E-state index in [-0.39, 0.29) is 12.8 Å². The first-order chi connectivity index (χ1) is 14.7. The normalized spacial score (nSPS) is 14.6. The van der Waals surface area contributed by atoms with E-state index >= 15 is 0 Å². The number of carbonyl (C=O) groups is 4. The Morgan fingerprint density at radius 2 is 0.968 bits per heavy atom. The molecule has 0 aliphatic carbocycles. The van der Waals surface area contributed by atoms with Gasteiger partial charge in [-0.1, -0.05) is 60.7 Å². The van der Waals surface area contributed by atoms with Gasteiger partial charge in [-0.2, -0.15) is 0 Å². The summed E-state index contributed by atoms with van der Waals surface area (Å²) in [5.74, 6) is -6.16. The molecular formula is C22H26N4O5. The van der Waals surface area contributed by atoms with Crippen LogP contribution in [-0.4, -0.2) is 35.8 Å². The van der Waals surface area contributed by atoms with Crippen molar-refractivity contribution in [2.75, 3.05) is 0 Å². The van der Waals surface area contributed by atoms with Gasteiger partial charge in [0.2, 0.25) is 11.8 Å². The molecule has 0 spiro atoms. The minimum atomic E-state index is -1.49. The molecular weight excluding hydrogens is 400 g/mol. The highest BCUT2D eigenvalue weighted by Gasteiger charge is 2.36. The summed E-state index contributed by atoms with van der Waals surface area (Å²) in [4.78, 5) is 48.5. The number of benzene rings is 2. The van der Waals surface area contributed by atoms with Gasteiger partial charge in [-0.25, -0.2) is 9.59 Å². The average molecular weight is 426 g/mol. The monoisotopic (exact) mass is 426 g/mol. The summed E-state index contributed by atoms with van der Waals surface area (Å²) in [7, 11) is 0. The summed E-state index contributed by atoms with van der Waals surface area (Å²) in [6.45, 7) is 0. The number of hydrogen-bond acceptors (Lipinski definition) is 7. The number of esters is 2. The van der Waals surface area contributed by atoms with Gasteiger partial charge in [0.25, 0.3) is 0 Å². The molecule has 2 unspecified atom stereocenters. The average Bonchev–Trinajstić information content (AvgIpc) is 2.75. The van der Waals surface area contributed by atoms with Gasteiger partial charge in [-0.15, -0.1) is 0 Å². The molecule has 8 N–H and O–H groups in total. The molecule has 31 heavy (non-hydrogen) atoms. The van der Waals surface area contributed by atoms with E-state index in [0.29, 0.717) is 0 Å². The molecule has 9 heteroatoms. The molecule has 0 aliphatic rings. The van der Waals surface area contributed by atoms with Crippen molar-refractivity contribution in [1.82, 2.24) is 0 Å². The van der Waals surface area contributed by atoms with Crippen LogP contribution in [0, 0.1) is 11.8 Å². The maximum absolute atomic E-state index is 12.4. The number of nitrogens with two attached hydrogens (primary N) is 4. The number of amides is 2. The number of hydrogen-bond donors (Lipinski definition) is 4. The van der Waals surface area contributed by atoms with E-state index in [1.54, 1.807) is 60.7 Å². The number of primary amides is 2. The van der Waals surface area contributed by atoms with E-state index in [0.717, 1.165) is 11.1 Å². The van der Waals surface area contributed by atoms with Gasteiger partial charge in [-0.05, 0) is 24.0 Å². The molecule has 0 aromatic heterocycles. The van der Waals surface area contributed by atoms with Crippen molar-refractivity contribution in [3.63, 3.8) is 0 Å². The van der Waals surface area contributed by atoms with Crippen LogP contribution in [0.4, 0.5) is 0 Å². The third-order valence-corrected chi connectivity index (χ3v) is 4.94. The Morgan fingerprint density at radius 1 is 0.645 bits per heavy atom. The van der Waals surface area contributed by atoms with Crippen molar-refractivity contribution < 1.29 is 23.9 Å². The van der Waals surface area contributed by atoms with Crippen LogP contribution in [0.15, 0.2) is 60.7 Å². The Balaban J connectivity index is 2.06. The van der Waals surface area contributed by atoms with E-state index < -0.39 is 47.7 Å². The minimum Gasteiger partial charge on any atom is -0.391 e. The van der Waals surface area contributed by atoms with Crippen LogP contribution in [0.5, 0.6) is 0 Å². The van der Waals surface area contributed by atoms with Gasteiger partial charge < -0.3 is 27.7 Å². The Labute approximate surface area is 179 Å². The van der Waals surface area contributed by atoms with Crippen molar-refractivity contribution in [1.29, 1.82) is 0 Å². The molecule has 2 aromatic rings. The van der Waals surface area contributed by atoms with Gasteiger partial charge in [0, 0.05) is 0 Å². The maximum atomic E-state index is 12.4. The van der Waals surface area contributed by atoms with Crippen LogP contribution in [0.1, 0.15) is 11.1 Å². The molecule has 9 nitrogen and oxygen atoms in total. The van der Waals surface area contributed by atoms with Crippen molar-refractivity contribution in [3.8, 4) is 0 Å². The van der Waals surface area contributed by atoms with Gasteiger partial charge in [-0.3, -0.25) is 9.59 Å². The number of carbonyl (C=O) groups excluding carboxylic acids is 4. The van der Waals surface area contributed by atoms with Gasteiger partial charge >= 0.3 is 11.9 Å². The molecule has 2 aromatic carbocycles. The largest absolute Gasteiger partial charge is 0.391 e.